The van der Waals surface area contributed by atoms with Crippen LogP contribution in [0.15, 0.2) is 59.1 Å². The van der Waals surface area contributed by atoms with Gasteiger partial charge in [-0.3, -0.25) is 15.1 Å². The summed E-state index contributed by atoms with van der Waals surface area (Å²) in [6.45, 7) is 0. The molecular formula is C17H16N4O3S2. The molecule has 0 saturated heterocycles. The zero-order valence-corrected chi connectivity index (χ0v) is 15.7. The van der Waals surface area contributed by atoms with Gasteiger partial charge in [0.1, 0.15) is 0 Å². The van der Waals surface area contributed by atoms with Gasteiger partial charge in [0.15, 0.2) is 5.13 Å². The zero-order chi connectivity index (χ0) is 18.7. The van der Waals surface area contributed by atoms with E-state index in [4.69, 9.17) is 0 Å². The minimum Gasteiger partial charge on any atom is -0.298 e. The molecule has 26 heavy (non-hydrogen) atoms. The highest BCUT2D eigenvalue weighted by molar-refractivity contribution is 7.89. The number of amides is 1. The Kier molecular flexibility index (Phi) is 5.12. The second kappa shape index (κ2) is 7.32. The molecule has 0 radical (unpaired) electrons. The van der Waals surface area contributed by atoms with Crippen LogP contribution >= 0.6 is 11.3 Å². The van der Waals surface area contributed by atoms with Gasteiger partial charge in [-0.2, -0.15) is 0 Å². The van der Waals surface area contributed by atoms with Crippen LogP contribution in [0.2, 0.25) is 0 Å². The molecule has 0 fully saturated rings. The molecule has 3 aromatic rings. The number of benzene rings is 1. The maximum absolute atomic E-state index is 12.3. The third-order valence-corrected chi connectivity index (χ3v) is 6.18. The molecule has 0 spiro atoms. The summed E-state index contributed by atoms with van der Waals surface area (Å²) in [5.74, 6) is -0.352. The Balaban J connectivity index is 1.74. The molecule has 134 valence electrons. The smallest absolute Gasteiger partial charge is 0.257 e. The fraction of sp³-hybridized carbons (Fsp3) is 0.118. The number of rotatable bonds is 5. The summed E-state index contributed by atoms with van der Waals surface area (Å²) in [4.78, 5) is 20.8. The number of aromatic nitrogens is 2. The summed E-state index contributed by atoms with van der Waals surface area (Å²) in [5.41, 5.74) is 2.01. The summed E-state index contributed by atoms with van der Waals surface area (Å²) >= 11 is 1.31. The van der Waals surface area contributed by atoms with Crippen molar-refractivity contribution in [3.8, 4) is 11.3 Å². The van der Waals surface area contributed by atoms with Crippen molar-refractivity contribution in [2.75, 3.05) is 19.4 Å². The molecule has 2 heterocycles. The lowest BCUT2D eigenvalue weighted by Crippen LogP contribution is -2.22. The van der Waals surface area contributed by atoms with Crippen LogP contribution in [0.3, 0.4) is 0 Å². The van der Waals surface area contributed by atoms with Crippen LogP contribution in [0.25, 0.3) is 11.3 Å². The van der Waals surface area contributed by atoms with Crippen LogP contribution in [0, 0.1) is 0 Å². The van der Waals surface area contributed by atoms with Gasteiger partial charge < -0.3 is 0 Å². The average molecular weight is 388 g/mol. The first-order valence-electron chi connectivity index (χ1n) is 7.58. The van der Waals surface area contributed by atoms with Crippen molar-refractivity contribution in [2.24, 2.45) is 0 Å². The molecule has 3 rings (SSSR count). The van der Waals surface area contributed by atoms with Crippen LogP contribution < -0.4 is 5.32 Å². The Bertz CT molecular complexity index is 1010. The highest BCUT2D eigenvalue weighted by Crippen LogP contribution is 2.24. The normalized spacial score (nSPS) is 11.5. The Morgan fingerprint density at radius 1 is 1.08 bits per heavy atom. The van der Waals surface area contributed by atoms with Crippen molar-refractivity contribution in [3.05, 3.63) is 59.7 Å². The number of pyridine rings is 1. The fourth-order valence-corrected chi connectivity index (χ4v) is 3.76. The van der Waals surface area contributed by atoms with E-state index in [9.17, 15) is 13.2 Å². The highest BCUT2D eigenvalue weighted by atomic mass is 32.2. The number of sulfonamides is 1. The number of hydrogen-bond acceptors (Lipinski definition) is 6. The lowest BCUT2D eigenvalue weighted by Gasteiger charge is -2.11. The predicted octanol–water partition coefficient (Wildman–Crippen LogP) is 2.71. The van der Waals surface area contributed by atoms with Gasteiger partial charge >= 0.3 is 0 Å². The van der Waals surface area contributed by atoms with Gasteiger partial charge in [0.2, 0.25) is 10.0 Å². The Morgan fingerprint density at radius 3 is 2.35 bits per heavy atom. The molecule has 1 N–H and O–H groups in total. The fourth-order valence-electron chi connectivity index (χ4n) is 2.14. The number of hydrogen-bond donors (Lipinski definition) is 1. The lowest BCUT2D eigenvalue weighted by molar-refractivity contribution is 0.102. The molecule has 0 aliphatic carbocycles. The lowest BCUT2D eigenvalue weighted by atomic mass is 10.2. The van der Waals surface area contributed by atoms with Gasteiger partial charge in [-0.25, -0.2) is 17.7 Å². The molecule has 1 amide bonds. The van der Waals surface area contributed by atoms with E-state index in [-0.39, 0.29) is 10.8 Å². The van der Waals surface area contributed by atoms with Crippen molar-refractivity contribution >= 4 is 32.4 Å². The zero-order valence-electron chi connectivity index (χ0n) is 14.1. The largest absolute Gasteiger partial charge is 0.298 e. The van der Waals surface area contributed by atoms with Gasteiger partial charge in [0, 0.05) is 43.0 Å². The van der Waals surface area contributed by atoms with Crippen molar-refractivity contribution < 1.29 is 13.2 Å². The van der Waals surface area contributed by atoms with Gasteiger partial charge in [-0.1, -0.05) is 0 Å². The van der Waals surface area contributed by atoms with Crippen LogP contribution in [0.4, 0.5) is 5.13 Å². The van der Waals surface area contributed by atoms with Crippen molar-refractivity contribution in [1.82, 2.24) is 14.3 Å². The molecule has 0 bridgehead atoms. The van der Waals surface area contributed by atoms with Gasteiger partial charge in [0.25, 0.3) is 5.91 Å². The molecule has 1 aromatic carbocycles. The topological polar surface area (TPSA) is 92.3 Å². The third-order valence-electron chi connectivity index (χ3n) is 3.60. The summed E-state index contributed by atoms with van der Waals surface area (Å²) in [5, 5.41) is 5.03. The van der Waals surface area contributed by atoms with Crippen molar-refractivity contribution in [3.63, 3.8) is 0 Å². The Labute approximate surface area is 155 Å². The van der Waals surface area contributed by atoms with E-state index < -0.39 is 10.0 Å². The molecule has 7 nitrogen and oxygen atoms in total. The van der Waals surface area contributed by atoms with E-state index in [0.717, 1.165) is 15.6 Å². The molecule has 0 atom stereocenters. The van der Waals surface area contributed by atoms with E-state index >= 15 is 0 Å². The van der Waals surface area contributed by atoms with E-state index in [1.165, 1.54) is 49.7 Å². The molecule has 0 aliphatic rings. The van der Waals surface area contributed by atoms with E-state index in [2.05, 4.69) is 15.3 Å². The monoisotopic (exact) mass is 388 g/mol. The van der Waals surface area contributed by atoms with Crippen LogP contribution in [-0.4, -0.2) is 42.7 Å². The number of carbonyl (C=O) groups is 1. The van der Waals surface area contributed by atoms with Gasteiger partial charge in [0.05, 0.1) is 10.6 Å². The molecule has 0 aliphatic heterocycles. The maximum Gasteiger partial charge on any atom is 0.257 e. The summed E-state index contributed by atoms with van der Waals surface area (Å²) in [6, 6.07) is 9.45. The first-order chi connectivity index (χ1) is 12.4. The first-order valence-corrected chi connectivity index (χ1v) is 9.90. The number of thiazole rings is 1. The Hall–Kier alpha value is -2.62. The quantitative estimate of drug-likeness (QED) is 0.725. The molecule has 0 unspecified atom stereocenters. The summed E-state index contributed by atoms with van der Waals surface area (Å²) in [7, 11) is -0.605. The standard InChI is InChI=1S/C17H16N4O3S2/c1-21(2)26(23,24)14-5-3-13(4-6-14)16(22)20-17-19-15(11-25-17)12-7-9-18-10-8-12/h3-11H,1-2H3,(H,19,20,22). The molecule has 2 aromatic heterocycles. The van der Waals surface area contributed by atoms with Crippen molar-refractivity contribution in [2.45, 2.75) is 4.90 Å². The van der Waals surface area contributed by atoms with Gasteiger partial charge in [-0.15, -0.1) is 11.3 Å². The predicted molar refractivity (Wildman–Crippen MR) is 101 cm³/mol. The molecular weight excluding hydrogens is 372 g/mol. The number of nitrogens with one attached hydrogen (secondary N) is 1. The number of anilines is 1. The van der Waals surface area contributed by atoms with Crippen LogP contribution in [0.1, 0.15) is 10.4 Å². The minimum atomic E-state index is -3.52. The second-order valence-electron chi connectivity index (χ2n) is 5.54. The second-order valence-corrected chi connectivity index (χ2v) is 8.55. The minimum absolute atomic E-state index is 0.133. The Morgan fingerprint density at radius 2 is 1.73 bits per heavy atom. The van der Waals surface area contributed by atoms with Crippen molar-refractivity contribution in [1.29, 1.82) is 0 Å². The molecule has 9 heteroatoms. The number of nitrogens with zero attached hydrogens (tertiary/aromatic N) is 3. The summed E-state index contributed by atoms with van der Waals surface area (Å²) < 4.78 is 25.2. The van der Waals surface area contributed by atoms with E-state index in [1.807, 2.05) is 17.5 Å². The first kappa shape index (κ1) is 18.2. The summed E-state index contributed by atoms with van der Waals surface area (Å²) in [6.07, 6.45) is 3.35. The molecule has 0 saturated carbocycles. The maximum atomic E-state index is 12.3. The average Bonchev–Trinajstić information content (AvgIpc) is 3.11. The van der Waals surface area contributed by atoms with Crippen LogP contribution in [-0.2, 0) is 10.0 Å². The van der Waals surface area contributed by atoms with E-state index in [1.54, 1.807) is 12.4 Å². The SMILES string of the molecule is CN(C)S(=O)(=O)c1ccc(C(=O)Nc2nc(-c3ccncc3)cs2)cc1. The third kappa shape index (κ3) is 3.79. The van der Waals surface area contributed by atoms with Crippen LogP contribution in [0.5, 0.6) is 0 Å². The number of carbonyl (C=O) groups excluding carboxylic acids is 1. The van der Waals surface area contributed by atoms with E-state index in [0.29, 0.717) is 10.7 Å². The van der Waals surface area contributed by atoms with Gasteiger partial charge in [-0.05, 0) is 36.4 Å². The highest BCUT2D eigenvalue weighted by Gasteiger charge is 2.18.